The first-order valence-corrected chi connectivity index (χ1v) is 14.9. The Kier molecular flexibility index (Phi) is 8.32. The van der Waals surface area contributed by atoms with Crippen molar-refractivity contribution in [2.24, 2.45) is 7.05 Å². The molecule has 202 valence electrons. The Morgan fingerprint density at radius 2 is 1.76 bits per heavy atom. The molecule has 0 aliphatic carbocycles. The second kappa shape index (κ2) is 11.1. The number of hydrogen-bond acceptors (Lipinski definition) is 6. The number of nitrogens with zero attached hydrogens (tertiary/aromatic N) is 4. The van der Waals surface area contributed by atoms with Crippen LogP contribution in [0.5, 0.6) is 5.75 Å². The maximum absolute atomic E-state index is 13.6. The van der Waals surface area contributed by atoms with Crippen LogP contribution in [-0.2, 0) is 23.6 Å². The molecule has 1 aliphatic rings. The molecule has 1 N–H and O–H groups in total. The Balaban J connectivity index is 1.90. The second-order valence-electron chi connectivity index (χ2n) is 9.18. The lowest BCUT2D eigenvalue weighted by Gasteiger charge is -2.33. The number of rotatable bonds is 9. The minimum atomic E-state index is -3.74. The van der Waals surface area contributed by atoms with Gasteiger partial charge >= 0.3 is 5.69 Å². The number of halogens is 1. The summed E-state index contributed by atoms with van der Waals surface area (Å²) in [6, 6.07) is 4.82. The smallest absolute Gasteiger partial charge is 0.331 e. The fourth-order valence-corrected chi connectivity index (χ4v) is 6.84. The minimum Gasteiger partial charge on any atom is -0.493 e. The number of hydrogen-bond donors (Lipinski definition) is 1. The highest BCUT2D eigenvalue weighted by atomic mass is 79.9. The molecule has 37 heavy (non-hydrogen) atoms. The van der Waals surface area contributed by atoms with Crippen molar-refractivity contribution < 1.29 is 13.2 Å². The number of piperazine rings is 1. The lowest BCUT2D eigenvalue weighted by molar-refractivity contribution is 0.196. The first-order chi connectivity index (χ1) is 17.6. The van der Waals surface area contributed by atoms with E-state index in [1.54, 1.807) is 22.8 Å². The molecule has 0 atom stereocenters. The van der Waals surface area contributed by atoms with E-state index in [1.165, 1.54) is 11.4 Å². The van der Waals surface area contributed by atoms with Gasteiger partial charge in [0.25, 0.3) is 5.56 Å². The highest BCUT2D eigenvalue weighted by Crippen LogP contribution is 2.39. The van der Waals surface area contributed by atoms with Crippen molar-refractivity contribution in [1.82, 2.24) is 23.3 Å². The number of aryl methyl sites for hydroxylation is 1. The molecule has 2 aromatic heterocycles. The Labute approximate surface area is 225 Å². The third-order valence-corrected chi connectivity index (χ3v) is 9.43. The van der Waals surface area contributed by atoms with E-state index in [0.29, 0.717) is 72.7 Å². The summed E-state index contributed by atoms with van der Waals surface area (Å²) in [7, 11) is -2.29. The summed E-state index contributed by atoms with van der Waals surface area (Å²) in [6.07, 6.45) is 1.47. The summed E-state index contributed by atoms with van der Waals surface area (Å²) in [4.78, 5) is 31.4. The predicted octanol–water partition coefficient (Wildman–Crippen LogP) is 2.98. The maximum Gasteiger partial charge on any atom is 0.331 e. The van der Waals surface area contributed by atoms with E-state index in [0.717, 1.165) is 17.5 Å². The normalized spacial score (nSPS) is 15.5. The summed E-state index contributed by atoms with van der Waals surface area (Å²) >= 11 is 3.61. The molecule has 4 rings (SSSR count). The molecular weight excluding hydrogens is 562 g/mol. The molecule has 0 radical (unpaired) electrons. The van der Waals surface area contributed by atoms with Gasteiger partial charge in [-0.25, -0.2) is 13.2 Å². The molecule has 1 saturated heterocycles. The van der Waals surface area contributed by atoms with Gasteiger partial charge in [-0.3, -0.25) is 13.9 Å². The monoisotopic (exact) mass is 595 g/mol. The molecule has 0 saturated carbocycles. The highest BCUT2D eigenvalue weighted by Gasteiger charge is 2.30. The Morgan fingerprint density at radius 1 is 1.05 bits per heavy atom. The minimum absolute atomic E-state index is 0.153. The fraction of sp³-hybridized carbons (Fsp3) is 0.520. The second-order valence-corrected chi connectivity index (χ2v) is 11.9. The first kappa shape index (κ1) is 27.6. The van der Waals surface area contributed by atoms with Crippen molar-refractivity contribution in [3.63, 3.8) is 0 Å². The van der Waals surface area contributed by atoms with Crippen molar-refractivity contribution in [2.75, 3.05) is 39.3 Å². The van der Waals surface area contributed by atoms with Crippen LogP contribution in [0.4, 0.5) is 0 Å². The molecule has 10 nitrogen and oxygen atoms in total. The zero-order valence-corrected chi connectivity index (χ0v) is 24.1. The zero-order valence-electron chi connectivity index (χ0n) is 21.7. The third kappa shape index (κ3) is 5.04. The quantitative estimate of drug-likeness (QED) is 0.407. The van der Waals surface area contributed by atoms with Gasteiger partial charge < -0.3 is 14.6 Å². The Hall–Kier alpha value is -2.41. The molecule has 0 bridgehead atoms. The molecule has 12 heteroatoms. The summed E-state index contributed by atoms with van der Waals surface area (Å²) < 4.78 is 37.8. The summed E-state index contributed by atoms with van der Waals surface area (Å²) in [5.41, 5.74) is 0.852. The van der Waals surface area contributed by atoms with Crippen LogP contribution < -0.4 is 16.0 Å². The van der Waals surface area contributed by atoms with Crippen molar-refractivity contribution >= 4 is 37.0 Å². The Morgan fingerprint density at radius 3 is 2.38 bits per heavy atom. The lowest BCUT2D eigenvalue weighted by atomic mass is 10.1. The van der Waals surface area contributed by atoms with Gasteiger partial charge in [0.05, 0.1) is 27.2 Å². The van der Waals surface area contributed by atoms with Gasteiger partial charge in [0.15, 0.2) is 0 Å². The van der Waals surface area contributed by atoms with Gasteiger partial charge in [0, 0.05) is 45.3 Å². The molecule has 1 fully saturated rings. The number of likely N-dealkylation sites (N-methyl/N-ethyl adjacent to an activating group) is 1. The number of fused-ring (bicyclic) bond motifs is 1. The van der Waals surface area contributed by atoms with Crippen molar-refractivity contribution in [3.05, 3.63) is 43.5 Å². The maximum atomic E-state index is 13.6. The van der Waals surface area contributed by atoms with Gasteiger partial charge in [-0.2, -0.15) is 4.31 Å². The summed E-state index contributed by atoms with van der Waals surface area (Å²) in [5, 5.41) is 0. The van der Waals surface area contributed by atoms with E-state index in [9.17, 15) is 18.0 Å². The van der Waals surface area contributed by atoms with Gasteiger partial charge in [0.1, 0.15) is 11.3 Å². The zero-order chi connectivity index (χ0) is 26.9. The molecule has 3 heterocycles. The topological polar surface area (TPSA) is 110 Å². The number of benzene rings is 1. The van der Waals surface area contributed by atoms with E-state index in [1.807, 2.05) is 13.8 Å². The van der Waals surface area contributed by atoms with E-state index >= 15 is 0 Å². The molecule has 0 unspecified atom stereocenters. The Bertz CT molecular complexity index is 1520. The number of aromatic nitrogens is 3. The highest BCUT2D eigenvalue weighted by molar-refractivity contribution is 9.10. The van der Waals surface area contributed by atoms with Gasteiger partial charge in [-0.1, -0.05) is 20.8 Å². The van der Waals surface area contributed by atoms with Crippen LogP contribution in [-0.4, -0.2) is 71.1 Å². The van der Waals surface area contributed by atoms with E-state index in [-0.39, 0.29) is 10.4 Å². The van der Waals surface area contributed by atoms with Crippen LogP contribution in [0, 0.1) is 0 Å². The van der Waals surface area contributed by atoms with Crippen LogP contribution in [0.15, 0.2) is 37.2 Å². The standard InChI is InChI=1S/C25H34BrN5O5S/c1-5-10-31-23-20(26)21(27-22(23)24(32)28(4)25(31)33)18-16-17(8-9-19(18)36-15-6-2)37(34,35)30-13-11-29(7-3)12-14-30/h8-9,16,27H,5-7,10-15H2,1-4H3. The van der Waals surface area contributed by atoms with Crippen LogP contribution in [0.2, 0.25) is 0 Å². The SMILES string of the molecule is CCCOc1ccc(S(=O)(=O)N2CCN(CC)CC2)cc1-c1[nH]c2c(=O)n(C)c(=O)n(CCC)c2c1Br. The van der Waals surface area contributed by atoms with Gasteiger partial charge in [-0.15, -0.1) is 0 Å². The number of ether oxygens (including phenoxy) is 1. The van der Waals surface area contributed by atoms with Gasteiger partial charge in [0.2, 0.25) is 10.0 Å². The molecule has 0 amide bonds. The molecule has 3 aromatic rings. The summed E-state index contributed by atoms with van der Waals surface area (Å²) in [5.74, 6) is 0.491. The predicted molar refractivity (Wildman–Crippen MR) is 148 cm³/mol. The van der Waals surface area contributed by atoms with Gasteiger partial charge in [-0.05, 0) is 53.5 Å². The van der Waals surface area contributed by atoms with E-state index < -0.39 is 21.3 Å². The third-order valence-electron chi connectivity index (χ3n) is 6.77. The molecular formula is C25H34BrN5O5S. The summed E-state index contributed by atoms with van der Waals surface area (Å²) in [6.45, 7) is 9.99. The number of aromatic amines is 1. The number of sulfonamides is 1. The first-order valence-electron chi connectivity index (χ1n) is 12.7. The van der Waals surface area contributed by atoms with E-state index in [4.69, 9.17) is 4.74 Å². The van der Waals surface area contributed by atoms with E-state index in [2.05, 4.69) is 32.7 Å². The molecule has 1 aliphatic heterocycles. The van der Waals surface area contributed by atoms with Crippen molar-refractivity contribution in [1.29, 1.82) is 0 Å². The fourth-order valence-electron chi connectivity index (χ4n) is 4.66. The largest absolute Gasteiger partial charge is 0.493 e. The van der Waals surface area contributed by atoms with Crippen LogP contribution >= 0.6 is 15.9 Å². The number of H-pyrrole nitrogens is 1. The van der Waals surface area contributed by atoms with Crippen molar-refractivity contribution in [2.45, 2.75) is 45.1 Å². The average molecular weight is 597 g/mol. The van der Waals surface area contributed by atoms with Crippen LogP contribution in [0.3, 0.4) is 0 Å². The van der Waals surface area contributed by atoms with Crippen LogP contribution in [0.25, 0.3) is 22.3 Å². The average Bonchev–Trinajstić information content (AvgIpc) is 3.25. The lowest BCUT2D eigenvalue weighted by Crippen LogP contribution is -2.48. The molecule has 1 aromatic carbocycles. The van der Waals surface area contributed by atoms with Crippen LogP contribution in [0.1, 0.15) is 33.6 Å². The molecule has 0 spiro atoms. The van der Waals surface area contributed by atoms with Crippen molar-refractivity contribution in [3.8, 4) is 17.0 Å². The number of nitrogens with one attached hydrogen (secondary N) is 1.